The first-order chi connectivity index (χ1) is 10.2. The van der Waals surface area contributed by atoms with Gasteiger partial charge in [-0.25, -0.2) is 0 Å². The average Bonchev–Trinajstić information content (AvgIpc) is 2.81. The quantitative estimate of drug-likeness (QED) is 0.275. The number of fused-ring (bicyclic) bond motifs is 3. The maximum absolute atomic E-state index is 2.38. The van der Waals surface area contributed by atoms with Gasteiger partial charge in [-0.1, -0.05) is 36.4 Å². The van der Waals surface area contributed by atoms with Gasteiger partial charge in [0.25, 0.3) is 0 Å². The van der Waals surface area contributed by atoms with E-state index in [4.69, 9.17) is 0 Å². The Balaban J connectivity index is 2.04. The van der Waals surface area contributed by atoms with E-state index >= 15 is 0 Å². The third-order valence-corrected chi connectivity index (χ3v) is 5.48. The van der Waals surface area contributed by atoms with E-state index in [2.05, 4.69) is 115 Å². The van der Waals surface area contributed by atoms with Gasteiger partial charge in [-0.05, 0) is 64.0 Å². The number of benzene rings is 3. The molecule has 3 aromatic carbocycles. The molecule has 0 unspecified atom stereocenters. The van der Waals surface area contributed by atoms with Crippen molar-refractivity contribution < 1.29 is 0 Å². The second-order valence-electron chi connectivity index (χ2n) is 5.04. The molecular formula is C18H11I2N. The van der Waals surface area contributed by atoms with Gasteiger partial charge < -0.3 is 0 Å². The maximum Gasteiger partial charge on any atom is 0.0646 e. The molecule has 0 radical (unpaired) electrons. The van der Waals surface area contributed by atoms with Crippen LogP contribution >= 0.6 is 45.5 Å². The van der Waals surface area contributed by atoms with Crippen LogP contribution in [0.25, 0.3) is 32.9 Å². The van der Waals surface area contributed by atoms with E-state index in [1.807, 2.05) is 0 Å². The van der Waals surface area contributed by atoms with Crippen molar-refractivity contribution in [1.29, 1.82) is 0 Å². The molecule has 0 amide bonds. The summed E-state index contributed by atoms with van der Waals surface area (Å²) >= 11 is 4.74. The second kappa shape index (κ2) is 5.28. The SMILES string of the molecule is Ic1cccc(-c2ccc3c(c2)c2ccccc2n3I)c1. The minimum absolute atomic E-state index is 1.27. The van der Waals surface area contributed by atoms with Crippen molar-refractivity contribution in [2.45, 2.75) is 0 Å². The Bertz CT molecular complexity index is 969. The fourth-order valence-electron chi connectivity index (χ4n) is 2.77. The number of hydrogen-bond donors (Lipinski definition) is 0. The van der Waals surface area contributed by atoms with Crippen LogP contribution < -0.4 is 0 Å². The Kier molecular flexibility index (Phi) is 3.41. The Labute approximate surface area is 150 Å². The number of nitrogens with zero attached hydrogens (tertiary/aromatic N) is 1. The van der Waals surface area contributed by atoms with Gasteiger partial charge in [0.1, 0.15) is 0 Å². The van der Waals surface area contributed by atoms with E-state index in [-0.39, 0.29) is 0 Å². The molecule has 0 atom stereocenters. The minimum atomic E-state index is 1.27. The molecule has 0 aliphatic heterocycles. The van der Waals surface area contributed by atoms with E-state index in [9.17, 15) is 0 Å². The van der Waals surface area contributed by atoms with Crippen LogP contribution in [0, 0.1) is 3.57 Å². The summed E-state index contributed by atoms with van der Waals surface area (Å²) < 4.78 is 3.50. The molecule has 3 heteroatoms. The molecule has 1 nitrogen and oxygen atoms in total. The summed E-state index contributed by atoms with van der Waals surface area (Å²) in [5, 5.41) is 2.63. The zero-order chi connectivity index (χ0) is 14.4. The van der Waals surface area contributed by atoms with Crippen LogP contribution in [0.1, 0.15) is 0 Å². The predicted molar refractivity (Wildman–Crippen MR) is 107 cm³/mol. The lowest BCUT2D eigenvalue weighted by molar-refractivity contribution is 1.49. The molecule has 1 heterocycles. The highest BCUT2D eigenvalue weighted by atomic mass is 127. The molecule has 0 fully saturated rings. The van der Waals surface area contributed by atoms with Crippen molar-refractivity contribution in [3.05, 3.63) is 70.3 Å². The van der Waals surface area contributed by atoms with Crippen LogP contribution in [0.15, 0.2) is 66.7 Å². The number of rotatable bonds is 1. The Hall–Kier alpha value is -1.08. The largest absolute Gasteiger partial charge is 0.282 e. The smallest absolute Gasteiger partial charge is 0.0646 e. The molecule has 21 heavy (non-hydrogen) atoms. The van der Waals surface area contributed by atoms with E-state index in [0.29, 0.717) is 0 Å². The second-order valence-corrected chi connectivity index (χ2v) is 7.25. The average molecular weight is 495 g/mol. The lowest BCUT2D eigenvalue weighted by Gasteiger charge is -2.03. The summed E-state index contributed by atoms with van der Waals surface area (Å²) in [6, 6.07) is 23.9. The molecule has 0 bridgehead atoms. The molecule has 0 aliphatic carbocycles. The molecule has 102 valence electrons. The van der Waals surface area contributed by atoms with Crippen molar-refractivity contribution in [1.82, 2.24) is 2.78 Å². The molecule has 0 saturated carbocycles. The van der Waals surface area contributed by atoms with Crippen molar-refractivity contribution in [3.63, 3.8) is 0 Å². The van der Waals surface area contributed by atoms with Gasteiger partial charge in [0.05, 0.1) is 33.9 Å². The normalized spacial score (nSPS) is 11.3. The fraction of sp³-hybridized carbons (Fsp3) is 0. The highest BCUT2D eigenvalue weighted by Gasteiger charge is 2.09. The van der Waals surface area contributed by atoms with Crippen LogP contribution in [0.3, 0.4) is 0 Å². The van der Waals surface area contributed by atoms with Crippen molar-refractivity contribution in [2.24, 2.45) is 0 Å². The van der Waals surface area contributed by atoms with Crippen molar-refractivity contribution >= 4 is 67.3 Å². The molecule has 1 aromatic heterocycles. The van der Waals surface area contributed by atoms with Crippen LogP contribution in [-0.2, 0) is 0 Å². The van der Waals surface area contributed by atoms with Gasteiger partial charge >= 0.3 is 0 Å². The molecule has 4 aromatic rings. The molecule has 0 aliphatic rings. The van der Waals surface area contributed by atoms with Gasteiger partial charge in [-0.3, -0.25) is 2.78 Å². The first-order valence-electron chi connectivity index (χ1n) is 6.69. The molecule has 0 N–H and O–H groups in total. The molecule has 0 spiro atoms. The Morgan fingerprint density at radius 2 is 1.43 bits per heavy atom. The maximum atomic E-state index is 2.38. The minimum Gasteiger partial charge on any atom is -0.282 e. The molecule has 4 rings (SSSR count). The third kappa shape index (κ3) is 2.26. The molecule has 0 saturated heterocycles. The lowest BCUT2D eigenvalue weighted by Crippen LogP contribution is -1.80. The van der Waals surface area contributed by atoms with E-state index < -0.39 is 0 Å². The lowest BCUT2D eigenvalue weighted by atomic mass is 10.0. The van der Waals surface area contributed by atoms with E-state index in [1.54, 1.807) is 0 Å². The first kappa shape index (κ1) is 13.6. The van der Waals surface area contributed by atoms with Crippen molar-refractivity contribution in [2.75, 3.05) is 0 Å². The van der Waals surface area contributed by atoms with Gasteiger partial charge in [0.2, 0.25) is 0 Å². The fourth-order valence-corrected chi connectivity index (χ4v) is 4.16. The highest BCUT2D eigenvalue weighted by molar-refractivity contribution is 14.1. The van der Waals surface area contributed by atoms with Crippen LogP contribution in [0.4, 0.5) is 0 Å². The van der Waals surface area contributed by atoms with Gasteiger partial charge in [-0.2, -0.15) is 0 Å². The van der Waals surface area contributed by atoms with E-state index in [1.165, 1.54) is 36.5 Å². The third-order valence-electron chi connectivity index (χ3n) is 3.77. The number of halogens is 2. The van der Waals surface area contributed by atoms with Crippen LogP contribution in [-0.4, -0.2) is 2.78 Å². The standard InChI is InChI=1S/C18H11I2N/c19-14-5-3-4-12(10-14)13-8-9-18-16(11-13)15-6-1-2-7-17(15)21(18)20/h1-11H. The number of aromatic nitrogens is 1. The van der Waals surface area contributed by atoms with Gasteiger partial charge in [-0.15, -0.1) is 0 Å². The van der Waals surface area contributed by atoms with Crippen molar-refractivity contribution in [3.8, 4) is 11.1 Å². The van der Waals surface area contributed by atoms with Gasteiger partial charge in [0, 0.05) is 14.3 Å². The highest BCUT2D eigenvalue weighted by Crippen LogP contribution is 2.34. The predicted octanol–water partition coefficient (Wildman–Crippen LogP) is 6.26. The summed E-state index contributed by atoms with van der Waals surface area (Å²) in [4.78, 5) is 0. The van der Waals surface area contributed by atoms with E-state index in [0.717, 1.165) is 0 Å². The zero-order valence-corrected chi connectivity index (χ0v) is 15.4. The first-order valence-corrected chi connectivity index (χ1v) is 8.74. The summed E-state index contributed by atoms with van der Waals surface area (Å²) in [5.41, 5.74) is 5.09. The number of hydrogen-bond acceptors (Lipinski definition) is 0. The number of para-hydroxylation sites is 1. The Morgan fingerprint density at radius 1 is 0.667 bits per heavy atom. The summed E-state index contributed by atoms with van der Waals surface area (Å²) in [6.07, 6.45) is 0. The van der Waals surface area contributed by atoms with Crippen LogP contribution in [0.5, 0.6) is 0 Å². The topological polar surface area (TPSA) is 4.93 Å². The summed E-state index contributed by atoms with van der Waals surface area (Å²) in [7, 11) is 0. The monoisotopic (exact) mass is 495 g/mol. The van der Waals surface area contributed by atoms with Crippen LogP contribution in [0.2, 0.25) is 0 Å². The summed E-state index contributed by atoms with van der Waals surface area (Å²) in [5.74, 6) is 0. The molecular weight excluding hydrogens is 484 g/mol. The van der Waals surface area contributed by atoms with Gasteiger partial charge in [0.15, 0.2) is 0 Å². The zero-order valence-electron chi connectivity index (χ0n) is 11.1. The Morgan fingerprint density at radius 3 is 2.29 bits per heavy atom. The summed E-state index contributed by atoms with van der Waals surface area (Å²) in [6.45, 7) is 0.